The number of nitrogen functional groups attached to an aromatic ring is 1. The fourth-order valence-corrected chi connectivity index (χ4v) is 4.93. The molecule has 1 fully saturated rings. The standard InChI is InChI=1S/C27H24N8O3/c1-2-21(36)33-14-6-9-20(15-33)35-25-22(23(28)29-16-30-25)34(27(35)37)19-12-10-17(11-13-19)24-31-26(38-32-24)18-7-4-3-5-8-18/h2-5,7-8,10-13,16,20H,1,6,9,14-15H2,(H2,28,29,30). The molecule has 1 atom stereocenters. The largest absolute Gasteiger partial charge is 0.382 e. The molecule has 1 amide bonds. The highest BCUT2D eigenvalue weighted by Gasteiger charge is 2.29. The number of nitrogens with zero attached hydrogens (tertiary/aromatic N) is 7. The third-order valence-electron chi connectivity index (χ3n) is 6.76. The molecule has 0 saturated carbocycles. The van der Waals surface area contributed by atoms with Gasteiger partial charge >= 0.3 is 5.69 Å². The summed E-state index contributed by atoms with van der Waals surface area (Å²) < 4.78 is 8.56. The Labute approximate surface area is 216 Å². The minimum atomic E-state index is -0.302. The van der Waals surface area contributed by atoms with E-state index in [2.05, 4.69) is 26.7 Å². The highest BCUT2D eigenvalue weighted by molar-refractivity contribution is 5.87. The molecular formula is C27H24N8O3. The quantitative estimate of drug-likeness (QED) is 0.357. The third-order valence-corrected chi connectivity index (χ3v) is 6.76. The fraction of sp³-hybridized carbons (Fsp3) is 0.185. The molecule has 11 nitrogen and oxygen atoms in total. The van der Waals surface area contributed by atoms with Gasteiger partial charge in [-0.15, -0.1) is 0 Å². The van der Waals surface area contributed by atoms with E-state index >= 15 is 0 Å². The number of aromatic nitrogens is 6. The molecule has 1 aliphatic heterocycles. The van der Waals surface area contributed by atoms with Crippen LogP contribution < -0.4 is 11.4 Å². The van der Waals surface area contributed by atoms with Crippen LogP contribution in [0.3, 0.4) is 0 Å². The van der Waals surface area contributed by atoms with Gasteiger partial charge in [0.1, 0.15) is 11.8 Å². The van der Waals surface area contributed by atoms with Crippen LogP contribution in [0.25, 0.3) is 39.7 Å². The zero-order chi connectivity index (χ0) is 26.2. The summed E-state index contributed by atoms with van der Waals surface area (Å²) in [4.78, 5) is 40.8. The summed E-state index contributed by atoms with van der Waals surface area (Å²) in [6, 6.07) is 16.5. The average molecular weight is 509 g/mol. The van der Waals surface area contributed by atoms with Gasteiger partial charge in [0.25, 0.3) is 5.89 Å². The Hall–Kier alpha value is -5.06. The van der Waals surface area contributed by atoms with Gasteiger partial charge in [-0.25, -0.2) is 14.8 Å². The molecule has 1 aliphatic rings. The SMILES string of the molecule is C=CC(=O)N1CCCC(n2c(=O)n(-c3ccc(-c4noc(-c5ccccc5)n4)cc3)c3c(N)ncnc32)C1. The van der Waals surface area contributed by atoms with Gasteiger partial charge in [-0.1, -0.05) is 29.9 Å². The molecule has 11 heteroatoms. The first-order valence-electron chi connectivity index (χ1n) is 12.2. The van der Waals surface area contributed by atoms with Crippen LogP contribution in [0.15, 0.2) is 82.9 Å². The van der Waals surface area contributed by atoms with Crippen molar-refractivity contribution >= 4 is 22.9 Å². The summed E-state index contributed by atoms with van der Waals surface area (Å²) in [5.41, 5.74) is 8.94. The zero-order valence-electron chi connectivity index (χ0n) is 20.4. The van der Waals surface area contributed by atoms with Gasteiger partial charge in [-0.05, 0) is 55.3 Å². The van der Waals surface area contributed by atoms with Crippen LogP contribution in [0, 0.1) is 0 Å². The second kappa shape index (κ2) is 9.43. The van der Waals surface area contributed by atoms with Crippen molar-refractivity contribution in [1.29, 1.82) is 0 Å². The molecule has 1 saturated heterocycles. The number of benzene rings is 2. The molecule has 6 rings (SSSR count). The van der Waals surface area contributed by atoms with Crippen molar-refractivity contribution in [3.63, 3.8) is 0 Å². The Morgan fingerprint density at radius 1 is 1.08 bits per heavy atom. The van der Waals surface area contributed by atoms with E-state index in [1.165, 1.54) is 17.0 Å². The molecule has 0 spiro atoms. The minimum Gasteiger partial charge on any atom is -0.382 e. The number of imidazole rings is 1. The van der Waals surface area contributed by atoms with Crippen LogP contribution in [0.4, 0.5) is 5.82 Å². The highest BCUT2D eigenvalue weighted by Crippen LogP contribution is 2.28. The van der Waals surface area contributed by atoms with E-state index in [0.29, 0.717) is 41.7 Å². The van der Waals surface area contributed by atoms with Crippen molar-refractivity contribution in [2.75, 3.05) is 18.8 Å². The number of carbonyl (C=O) groups excluding carboxylic acids is 1. The number of likely N-dealkylation sites (tertiary alicyclic amines) is 1. The molecule has 2 aromatic carbocycles. The van der Waals surface area contributed by atoms with Crippen LogP contribution in [-0.4, -0.2) is 53.1 Å². The first-order chi connectivity index (χ1) is 18.5. The Bertz CT molecular complexity index is 1700. The van der Waals surface area contributed by atoms with Crippen molar-refractivity contribution in [3.05, 3.63) is 84.1 Å². The Balaban J connectivity index is 1.39. The molecule has 5 aromatic rings. The maximum absolute atomic E-state index is 13.8. The van der Waals surface area contributed by atoms with Crippen molar-refractivity contribution in [1.82, 2.24) is 34.1 Å². The molecule has 190 valence electrons. The summed E-state index contributed by atoms with van der Waals surface area (Å²) >= 11 is 0. The number of piperidine rings is 1. The fourth-order valence-electron chi connectivity index (χ4n) is 4.93. The van der Waals surface area contributed by atoms with E-state index in [4.69, 9.17) is 10.3 Å². The van der Waals surface area contributed by atoms with Crippen LogP contribution in [0.5, 0.6) is 0 Å². The van der Waals surface area contributed by atoms with Crippen LogP contribution in [-0.2, 0) is 4.79 Å². The van der Waals surface area contributed by atoms with Gasteiger partial charge in [-0.2, -0.15) is 4.98 Å². The van der Waals surface area contributed by atoms with Gasteiger partial charge in [0.2, 0.25) is 11.7 Å². The highest BCUT2D eigenvalue weighted by atomic mass is 16.5. The first-order valence-corrected chi connectivity index (χ1v) is 12.2. The summed E-state index contributed by atoms with van der Waals surface area (Å²) in [6.45, 7) is 4.59. The average Bonchev–Trinajstić information content (AvgIpc) is 3.57. The first kappa shape index (κ1) is 23.3. The van der Waals surface area contributed by atoms with Crippen LogP contribution >= 0.6 is 0 Å². The zero-order valence-corrected chi connectivity index (χ0v) is 20.4. The molecule has 38 heavy (non-hydrogen) atoms. The number of rotatable bonds is 5. The summed E-state index contributed by atoms with van der Waals surface area (Å²) in [5, 5.41) is 4.10. The predicted octanol–water partition coefficient (Wildman–Crippen LogP) is 3.23. The molecule has 0 radical (unpaired) electrons. The number of fused-ring (bicyclic) bond motifs is 1. The van der Waals surface area contributed by atoms with E-state index in [9.17, 15) is 9.59 Å². The minimum absolute atomic E-state index is 0.159. The molecule has 0 bridgehead atoms. The topological polar surface area (TPSA) is 138 Å². The second-order valence-electron chi connectivity index (χ2n) is 9.04. The smallest absolute Gasteiger partial charge is 0.335 e. The maximum atomic E-state index is 13.8. The van der Waals surface area contributed by atoms with Crippen molar-refractivity contribution in [2.45, 2.75) is 18.9 Å². The van der Waals surface area contributed by atoms with Crippen LogP contribution in [0.1, 0.15) is 18.9 Å². The van der Waals surface area contributed by atoms with E-state index in [1.54, 1.807) is 21.6 Å². The Kier molecular flexibility index (Phi) is 5.79. The summed E-state index contributed by atoms with van der Waals surface area (Å²) in [7, 11) is 0. The molecule has 1 unspecified atom stereocenters. The van der Waals surface area contributed by atoms with Crippen molar-refractivity contribution in [2.24, 2.45) is 0 Å². The molecule has 3 aromatic heterocycles. The molecule has 0 aliphatic carbocycles. The van der Waals surface area contributed by atoms with E-state index < -0.39 is 0 Å². The number of amides is 1. The maximum Gasteiger partial charge on any atom is 0.335 e. The number of hydrogen-bond acceptors (Lipinski definition) is 8. The lowest BCUT2D eigenvalue weighted by Crippen LogP contribution is -2.42. The van der Waals surface area contributed by atoms with Crippen molar-refractivity contribution < 1.29 is 9.32 Å². The lowest BCUT2D eigenvalue weighted by Gasteiger charge is -2.32. The van der Waals surface area contributed by atoms with Gasteiger partial charge in [0, 0.05) is 24.2 Å². The van der Waals surface area contributed by atoms with Gasteiger partial charge in [-0.3, -0.25) is 13.9 Å². The Morgan fingerprint density at radius 3 is 2.63 bits per heavy atom. The Morgan fingerprint density at radius 2 is 1.87 bits per heavy atom. The lowest BCUT2D eigenvalue weighted by atomic mass is 10.1. The van der Waals surface area contributed by atoms with Gasteiger partial charge in [0.05, 0.1) is 11.7 Å². The number of anilines is 1. The molecule has 4 heterocycles. The van der Waals surface area contributed by atoms with Crippen LogP contribution in [0.2, 0.25) is 0 Å². The lowest BCUT2D eigenvalue weighted by molar-refractivity contribution is -0.127. The summed E-state index contributed by atoms with van der Waals surface area (Å²) in [6.07, 6.45) is 4.12. The van der Waals surface area contributed by atoms with Gasteiger partial charge < -0.3 is 15.2 Å². The van der Waals surface area contributed by atoms with Gasteiger partial charge in [0.15, 0.2) is 11.5 Å². The van der Waals surface area contributed by atoms with E-state index in [-0.39, 0.29) is 23.5 Å². The second-order valence-corrected chi connectivity index (χ2v) is 9.04. The predicted molar refractivity (Wildman–Crippen MR) is 141 cm³/mol. The van der Waals surface area contributed by atoms with E-state index in [1.807, 2.05) is 42.5 Å². The van der Waals surface area contributed by atoms with Crippen molar-refractivity contribution in [3.8, 4) is 28.5 Å². The third kappa shape index (κ3) is 3.94. The summed E-state index contributed by atoms with van der Waals surface area (Å²) in [5.74, 6) is 0.885. The monoisotopic (exact) mass is 508 g/mol. The molecule has 2 N–H and O–H groups in total. The van der Waals surface area contributed by atoms with E-state index in [0.717, 1.165) is 24.0 Å². The molecular weight excluding hydrogens is 484 g/mol. The normalized spacial score (nSPS) is 15.6. The number of hydrogen-bond donors (Lipinski definition) is 1. The number of carbonyl (C=O) groups is 1. The number of nitrogens with two attached hydrogens (primary N) is 1.